The molecule has 0 saturated carbocycles. The second kappa shape index (κ2) is 9.22. The van der Waals surface area contributed by atoms with E-state index in [4.69, 9.17) is 21.4 Å². The average Bonchev–Trinajstić information content (AvgIpc) is 2.91. The Kier molecular flexibility index (Phi) is 7.30. The molecule has 1 heterocycles. The zero-order valence-corrected chi connectivity index (χ0v) is 14.9. The molecule has 1 aliphatic heterocycles. The number of allylic oxidation sites excluding steroid dienone is 1. The van der Waals surface area contributed by atoms with Crippen LogP contribution in [0.25, 0.3) is 6.08 Å². The predicted molar refractivity (Wildman–Crippen MR) is 97.8 cm³/mol. The number of aliphatic imine (C=N–C) groups is 1. The summed E-state index contributed by atoms with van der Waals surface area (Å²) in [7, 11) is 0. The smallest absolute Gasteiger partial charge is 0.176 e. The summed E-state index contributed by atoms with van der Waals surface area (Å²) in [6, 6.07) is 5.16. The van der Waals surface area contributed by atoms with Crippen molar-refractivity contribution in [2.45, 2.75) is 25.9 Å². The first kappa shape index (κ1) is 19.0. The Morgan fingerprint density at radius 1 is 1.50 bits per heavy atom. The van der Waals surface area contributed by atoms with Gasteiger partial charge >= 0.3 is 0 Å². The van der Waals surface area contributed by atoms with Gasteiger partial charge in [0.2, 0.25) is 0 Å². The first-order chi connectivity index (χ1) is 11.5. The fourth-order valence-corrected chi connectivity index (χ4v) is 3.23. The Hall–Kier alpha value is -1.34. The molecule has 0 unspecified atom stereocenters. The summed E-state index contributed by atoms with van der Waals surface area (Å²) in [6.07, 6.45) is 2.17. The summed E-state index contributed by atoms with van der Waals surface area (Å²) in [4.78, 5) is 17.1. The van der Waals surface area contributed by atoms with Crippen molar-refractivity contribution in [2.75, 3.05) is 19.8 Å². The second-order valence-corrected chi connectivity index (χ2v) is 6.85. The van der Waals surface area contributed by atoms with E-state index in [1.807, 2.05) is 6.92 Å². The molecule has 2 N–H and O–H groups in total. The van der Waals surface area contributed by atoms with E-state index in [2.05, 4.69) is 4.99 Å². The van der Waals surface area contributed by atoms with E-state index >= 15 is 0 Å². The van der Waals surface area contributed by atoms with Gasteiger partial charge in [0.15, 0.2) is 5.78 Å². The molecule has 1 aromatic rings. The van der Waals surface area contributed by atoms with Crippen molar-refractivity contribution in [3.05, 3.63) is 33.7 Å². The molecule has 0 aliphatic carbocycles. The largest absolute Gasteiger partial charge is 0.489 e. The Bertz CT molecular complexity index is 660. The minimum atomic E-state index is -0.948. The van der Waals surface area contributed by atoms with Crippen molar-refractivity contribution >= 4 is 40.3 Å². The van der Waals surface area contributed by atoms with Crippen LogP contribution in [0.3, 0.4) is 0 Å². The van der Waals surface area contributed by atoms with Crippen molar-refractivity contribution in [3.8, 4) is 5.75 Å². The zero-order chi connectivity index (χ0) is 17.5. The molecule has 7 heteroatoms. The molecule has 0 bridgehead atoms. The van der Waals surface area contributed by atoms with Gasteiger partial charge in [-0.25, -0.2) is 0 Å². The molecule has 130 valence electrons. The summed E-state index contributed by atoms with van der Waals surface area (Å²) in [5.74, 6) is 0.485. The van der Waals surface area contributed by atoms with Crippen molar-refractivity contribution in [2.24, 2.45) is 4.99 Å². The highest BCUT2D eigenvalue weighted by molar-refractivity contribution is 8.19. The molecule has 1 fully saturated rings. The minimum Gasteiger partial charge on any atom is -0.489 e. The van der Waals surface area contributed by atoms with Gasteiger partial charge in [0, 0.05) is 6.54 Å². The molecule has 5 nitrogen and oxygen atoms in total. The first-order valence-electron chi connectivity index (χ1n) is 7.70. The number of halogens is 1. The summed E-state index contributed by atoms with van der Waals surface area (Å²) in [6.45, 7) is 2.37. The van der Waals surface area contributed by atoms with Crippen LogP contribution in [-0.4, -0.2) is 46.9 Å². The van der Waals surface area contributed by atoms with E-state index in [-0.39, 0.29) is 19.0 Å². The number of rotatable bonds is 7. The van der Waals surface area contributed by atoms with Gasteiger partial charge in [-0.05, 0) is 30.2 Å². The monoisotopic (exact) mass is 369 g/mol. The van der Waals surface area contributed by atoms with E-state index in [1.54, 1.807) is 24.3 Å². The second-order valence-electron chi connectivity index (χ2n) is 5.32. The minimum absolute atomic E-state index is 0.0394. The molecular weight excluding hydrogens is 350 g/mol. The van der Waals surface area contributed by atoms with E-state index in [0.29, 0.717) is 22.1 Å². The molecule has 24 heavy (non-hydrogen) atoms. The molecule has 1 aliphatic rings. The standard InChI is InChI=1S/C17H20ClNO4S/c1-2-5-19-17-8-14(22)16(24-17)7-11-3-4-15(13(18)6-11)23-10-12(21)9-20/h3-4,6-7,12,20-21H,2,5,8-10H2,1H3/b16-7-,19-17?/t12-/m1/s1. The summed E-state index contributed by atoms with van der Waals surface area (Å²) in [5, 5.41) is 19.3. The highest BCUT2D eigenvalue weighted by atomic mass is 35.5. The number of hydrogen-bond acceptors (Lipinski definition) is 6. The van der Waals surface area contributed by atoms with Crippen molar-refractivity contribution < 1.29 is 19.7 Å². The quantitative estimate of drug-likeness (QED) is 0.722. The molecule has 0 radical (unpaired) electrons. The normalized spacial score (nSPS) is 19.2. The maximum absolute atomic E-state index is 12.0. The number of nitrogens with zero attached hydrogens (tertiary/aromatic N) is 1. The summed E-state index contributed by atoms with van der Waals surface area (Å²) < 4.78 is 5.34. The van der Waals surface area contributed by atoms with Gasteiger partial charge in [0.05, 0.1) is 28.0 Å². The van der Waals surface area contributed by atoms with E-state index in [9.17, 15) is 9.90 Å². The van der Waals surface area contributed by atoms with Gasteiger partial charge < -0.3 is 14.9 Å². The van der Waals surface area contributed by atoms with E-state index < -0.39 is 6.10 Å². The number of ether oxygens (including phenoxy) is 1. The van der Waals surface area contributed by atoms with Crippen LogP contribution in [-0.2, 0) is 4.79 Å². The molecule has 2 rings (SSSR count). The van der Waals surface area contributed by atoms with Crippen LogP contribution in [0.15, 0.2) is 28.1 Å². The third-order valence-electron chi connectivity index (χ3n) is 3.22. The van der Waals surface area contributed by atoms with Crippen LogP contribution in [0.4, 0.5) is 0 Å². The van der Waals surface area contributed by atoms with Crippen molar-refractivity contribution in [1.29, 1.82) is 0 Å². The number of carbonyl (C=O) groups is 1. The van der Waals surface area contributed by atoms with Crippen LogP contribution in [0.2, 0.25) is 5.02 Å². The maximum atomic E-state index is 12.0. The van der Waals surface area contributed by atoms with Gasteiger partial charge in [0.1, 0.15) is 18.5 Å². The Labute approximate surface area is 150 Å². The van der Waals surface area contributed by atoms with Crippen LogP contribution in [0.5, 0.6) is 5.75 Å². The fraction of sp³-hybridized carbons (Fsp3) is 0.412. The lowest BCUT2D eigenvalue weighted by molar-refractivity contribution is -0.113. The number of hydrogen-bond donors (Lipinski definition) is 2. The lowest BCUT2D eigenvalue weighted by Crippen LogP contribution is -2.21. The first-order valence-corrected chi connectivity index (χ1v) is 8.90. The maximum Gasteiger partial charge on any atom is 0.176 e. The van der Waals surface area contributed by atoms with Gasteiger partial charge in [-0.3, -0.25) is 9.79 Å². The summed E-state index contributed by atoms with van der Waals surface area (Å²) >= 11 is 7.57. The molecule has 1 atom stereocenters. The lowest BCUT2D eigenvalue weighted by atomic mass is 10.1. The molecule has 0 amide bonds. The number of benzene rings is 1. The highest BCUT2D eigenvalue weighted by Gasteiger charge is 2.24. The molecule has 1 saturated heterocycles. The van der Waals surface area contributed by atoms with Crippen LogP contribution < -0.4 is 4.74 Å². The Balaban J connectivity index is 2.07. The van der Waals surface area contributed by atoms with Crippen molar-refractivity contribution in [1.82, 2.24) is 0 Å². The number of ketones is 1. The zero-order valence-electron chi connectivity index (χ0n) is 13.4. The Morgan fingerprint density at radius 3 is 2.96 bits per heavy atom. The van der Waals surface area contributed by atoms with Crippen LogP contribution in [0.1, 0.15) is 25.3 Å². The number of carbonyl (C=O) groups excluding carboxylic acids is 1. The van der Waals surface area contributed by atoms with Gasteiger partial charge in [-0.15, -0.1) is 0 Å². The SMILES string of the molecule is CCCN=C1CC(=O)/C(=C/c2ccc(OC[C@H](O)CO)c(Cl)c2)S1. The lowest BCUT2D eigenvalue weighted by Gasteiger charge is -2.11. The van der Waals surface area contributed by atoms with Gasteiger partial charge in [0.25, 0.3) is 0 Å². The molecule has 1 aromatic carbocycles. The predicted octanol–water partition coefficient (Wildman–Crippen LogP) is 2.93. The van der Waals surface area contributed by atoms with E-state index in [1.165, 1.54) is 11.8 Å². The average molecular weight is 370 g/mol. The Morgan fingerprint density at radius 2 is 2.29 bits per heavy atom. The van der Waals surface area contributed by atoms with Gasteiger partial charge in [-0.2, -0.15) is 0 Å². The number of Topliss-reactive ketones (excluding diaryl/α,β-unsaturated/α-hetero) is 1. The topological polar surface area (TPSA) is 79.1 Å². The van der Waals surface area contributed by atoms with Crippen molar-refractivity contribution in [3.63, 3.8) is 0 Å². The number of aliphatic hydroxyl groups excluding tert-OH is 2. The third-order valence-corrected chi connectivity index (χ3v) is 4.59. The van der Waals surface area contributed by atoms with Gasteiger partial charge in [-0.1, -0.05) is 36.4 Å². The summed E-state index contributed by atoms with van der Waals surface area (Å²) in [5.41, 5.74) is 0.794. The third kappa shape index (κ3) is 5.34. The molecule has 0 aromatic heterocycles. The number of aliphatic hydroxyl groups is 2. The molecule has 0 spiro atoms. The van der Waals surface area contributed by atoms with Crippen LogP contribution >= 0.6 is 23.4 Å². The highest BCUT2D eigenvalue weighted by Crippen LogP contribution is 2.33. The number of thioether (sulfide) groups is 1. The van der Waals surface area contributed by atoms with E-state index in [0.717, 1.165) is 23.6 Å². The fourth-order valence-electron chi connectivity index (χ4n) is 1.99. The molecular formula is C17H20ClNO4S. The van der Waals surface area contributed by atoms with Crippen LogP contribution in [0, 0.1) is 0 Å².